The molecule has 136 valence electrons. The minimum atomic E-state index is -0.223. The van der Waals surface area contributed by atoms with Crippen molar-refractivity contribution in [3.05, 3.63) is 15.6 Å². The van der Waals surface area contributed by atoms with Crippen LogP contribution in [0.4, 0.5) is 0 Å². The maximum Gasteiger partial charge on any atom is 0.266 e. The van der Waals surface area contributed by atoms with E-state index in [0.717, 1.165) is 47.9 Å². The van der Waals surface area contributed by atoms with Crippen molar-refractivity contribution >= 4 is 23.2 Å². The van der Waals surface area contributed by atoms with Gasteiger partial charge in [0.25, 0.3) is 5.91 Å². The number of carbonyl (C=O) groups excluding carboxylic acids is 2. The highest BCUT2D eigenvalue weighted by atomic mass is 32.1. The van der Waals surface area contributed by atoms with Crippen LogP contribution in [0.25, 0.3) is 0 Å². The number of amides is 2. The number of aryl methyl sites for hydroxylation is 2. The van der Waals surface area contributed by atoms with Crippen LogP contribution in [0.5, 0.6) is 0 Å². The summed E-state index contributed by atoms with van der Waals surface area (Å²) >= 11 is 1.46. The molecule has 4 rings (SSSR count). The van der Waals surface area contributed by atoms with Gasteiger partial charge in [-0.15, -0.1) is 11.3 Å². The summed E-state index contributed by atoms with van der Waals surface area (Å²) in [6, 6.07) is 0. The first kappa shape index (κ1) is 17.0. The number of rotatable bonds is 3. The molecule has 3 fully saturated rings. The third kappa shape index (κ3) is 3.19. The fraction of sp³-hybridized carbons (Fsp3) is 0.722. The van der Waals surface area contributed by atoms with Gasteiger partial charge in [0.05, 0.1) is 30.4 Å². The molecule has 1 aromatic rings. The van der Waals surface area contributed by atoms with Crippen LogP contribution < -0.4 is 0 Å². The summed E-state index contributed by atoms with van der Waals surface area (Å²) in [5, 5.41) is 0.925. The highest BCUT2D eigenvalue weighted by Crippen LogP contribution is 2.40. The average molecular weight is 363 g/mol. The van der Waals surface area contributed by atoms with Crippen LogP contribution in [0.2, 0.25) is 0 Å². The second kappa shape index (κ2) is 6.36. The molecule has 4 heterocycles. The maximum atomic E-state index is 12.6. The standard InChI is InChI=1S/C18H25N3O3S/c1-12-16(25-13(2)19-12)17(23)21-10-18(11-21)8-14(9-24-18)7-15(22)20-5-3-4-6-20/h14H,3-11H2,1-2H3. The van der Waals surface area contributed by atoms with Crippen LogP contribution in [-0.4, -0.2) is 65.0 Å². The largest absolute Gasteiger partial charge is 0.371 e. The zero-order valence-electron chi connectivity index (χ0n) is 14.9. The lowest BCUT2D eigenvalue weighted by Crippen LogP contribution is -2.63. The first-order valence-corrected chi connectivity index (χ1v) is 9.92. The molecule has 3 aliphatic rings. The van der Waals surface area contributed by atoms with Gasteiger partial charge in [-0.1, -0.05) is 0 Å². The smallest absolute Gasteiger partial charge is 0.266 e. The summed E-state index contributed by atoms with van der Waals surface area (Å²) < 4.78 is 6.03. The van der Waals surface area contributed by atoms with Crippen molar-refractivity contribution in [1.82, 2.24) is 14.8 Å². The Morgan fingerprint density at radius 1 is 1.24 bits per heavy atom. The number of hydrogen-bond donors (Lipinski definition) is 0. The van der Waals surface area contributed by atoms with Gasteiger partial charge in [0.2, 0.25) is 5.91 Å². The molecule has 0 aromatic carbocycles. The van der Waals surface area contributed by atoms with Gasteiger partial charge in [0, 0.05) is 19.5 Å². The lowest BCUT2D eigenvalue weighted by molar-refractivity contribution is -0.131. The van der Waals surface area contributed by atoms with Gasteiger partial charge in [-0.3, -0.25) is 9.59 Å². The van der Waals surface area contributed by atoms with Crippen LogP contribution in [0.3, 0.4) is 0 Å². The van der Waals surface area contributed by atoms with E-state index in [9.17, 15) is 9.59 Å². The van der Waals surface area contributed by atoms with Gasteiger partial charge < -0.3 is 14.5 Å². The quantitative estimate of drug-likeness (QED) is 0.824. The van der Waals surface area contributed by atoms with Crippen LogP contribution >= 0.6 is 11.3 Å². The molecule has 0 saturated carbocycles. The Morgan fingerprint density at radius 3 is 2.60 bits per heavy atom. The van der Waals surface area contributed by atoms with E-state index in [2.05, 4.69) is 4.98 Å². The van der Waals surface area contributed by atoms with Crippen molar-refractivity contribution < 1.29 is 14.3 Å². The van der Waals surface area contributed by atoms with Crippen molar-refractivity contribution in [2.45, 2.75) is 45.1 Å². The number of aromatic nitrogens is 1. The van der Waals surface area contributed by atoms with Crippen molar-refractivity contribution in [1.29, 1.82) is 0 Å². The molecular formula is C18H25N3O3S. The summed E-state index contributed by atoms with van der Waals surface area (Å²) in [6.07, 6.45) is 3.73. The van der Waals surface area contributed by atoms with Crippen molar-refractivity contribution in [2.75, 3.05) is 32.8 Å². The molecule has 7 heteroatoms. The first-order chi connectivity index (χ1) is 12.0. The predicted octanol–water partition coefficient (Wildman–Crippen LogP) is 2.00. The van der Waals surface area contributed by atoms with E-state index in [1.54, 1.807) is 0 Å². The number of likely N-dealkylation sites (tertiary alicyclic amines) is 2. The molecule has 1 spiro atoms. The zero-order chi connectivity index (χ0) is 17.6. The highest BCUT2D eigenvalue weighted by molar-refractivity contribution is 7.13. The van der Waals surface area contributed by atoms with E-state index in [4.69, 9.17) is 4.74 Å². The summed E-state index contributed by atoms with van der Waals surface area (Å²) in [5.41, 5.74) is 0.592. The molecule has 0 N–H and O–H groups in total. The molecule has 2 amide bonds. The third-order valence-corrected chi connectivity index (χ3v) is 6.61. The molecule has 25 heavy (non-hydrogen) atoms. The number of ether oxygens (including phenoxy) is 1. The minimum absolute atomic E-state index is 0.0638. The van der Waals surface area contributed by atoms with E-state index < -0.39 is 0 Å². The Hall–Kier alpha value is -1.47. The van der Waals surface area contributed by atoms with Gasteiger partial charge in [-0.25, -0.2) is 4.98 Å². The van der Waals surface area contributed by atoms with Crippen molar-refractivity contribution in [2.24, 2.45) is 5.92 Å². The lowest BCUT2D eigenvalue weighted by atomic mass is 9.85. The van der Waals surface area contributed by atoms with Crippen molar-refractivity contribution in [3.8, 4) is 0 Å². The molecule has 0 aliphatic carbocycles. The van der Waals surface area contributed by atoms with Crippen molar-refractivity contribution in [3.63, 3.8) is 0 Å². The Morgan fingerprint density at radius 2 is 1.96 bits per heavy atom. The Kier molecular flexibility index (Phi) is 4.32. The molecule has 6 nitrogen and oxygen atoms in total. The molecule has 3 saturated heterocycles. The molecule has 0 radical (unpaired) electrons. The maximum absolute atomic E-state index is 12.6. The van der Waals surface area contributed by atoms with Gasteiger partial charge in [-0.05, 0) is 39.0 Å². The summed E-state index contributed by atoms with van der Waals surface area (Å²) in [5.74, 6) is 0.623. The van der Waals surface area contributed by atoms with Gasteiger partial charge in [0.15, 0.2) is 0 Å². The highest BCUT2D eigenvalue weighted by Gasteiger charge is 2.52. The molecule has 3 aliphatic heterocycles. The van der Waals surface area contributed by atoms with Gasteiger partial charge in [-0.2, -0.15) is 0 Å². The SMILES string of the molecule is Cc1nc(C)c(C(=O)N2CC3(CC(CC(=O)N4CCCC4)CO3)C2)s1. The van der Waals surface area contributed by atoms with E-state index >= 15 is 0 Å². The van der Waals surface area contributed by atoms with E-state index in [1.807, 2.05) is 23.6 Å². The Balaban J connectivity index is 1.30. The monoisotopic (exact) mass is 363 g/mol. The minimum Gasteiger partial charge on any atom is -0.371 e. The molecular weight excluding hydrogens is 338 g/mol. The van der Waals surface area contributed by atoms with E-state index in [1.165, 1.54) is 11.3 Å². The third-order valence-electron chi connectivity index (χ3n) is 5.55. The van der Waals surface area contributed by atoms with E-state index in [-0.39, 0.29) is 23.3 Å². The van der Waals surface area contributed by atoms with Gasteiger partial charge in [0.1, 0.15) is 10.5 Å². The second-order valence-electron chi connectivity index (χ2n) is 7.66. The zero-order valence-corrected chi connectivity index (χ0v) is 15.7. The average Bonchev–Trinajstić information content (AvgIpc) is 3.24. The number of thiazole rings is 1. The molecule has 1 aromatic heterocycles. The topological polar surface area (TPSA) is 62.7 Å². The number of nitrogens with zero attached hydrogens (tertiary/aromatic N) is 3. The lowest BCUT2D eigenvalue weighted by Gasteiger charge is -2.47. The summed E-state index contributed by atoms with van der Waals surface area (Å²) in [4.78, 5) is 33.8. The van der Waals surface area contributed by atoms with Gasteiger partial charge >= 0.3 is 0 Å². The normalized spacial score (nSPS) is 24.8. The van der Waals surface area contributed by atoms with Crippen LogP contribution in [0, 0.1) is 19.8 Å². The van der Waals surface area contributed by atoms with Crippen LogP contribution in [0.15, 0.2) is 0 Å². The fourth-order valence-corrected chi connectivity index (χ4v) is 5.19. The molecule has 1 atom stereocenters. The first-order valence-electron chi connectivity index (χ1n) is 9.11. The summed E-state index contributed by atoms with van der Waals surface area (Å²) in [6.45, 7) is 7.54. The number of hydrogen-bond acceptors (Lipinski definition) is 5. The fourth-order valence-electron chi connectivity index (χ4n) is 4.30. The number of carbonyl (C=O) groups is 2. The Labute approximate surface area is 152 Å². The van der Waals surface area contributed by atoms with E-state index in [0.29, 0.717) is 26.1 Å². The van der Waals surface area contributed by atoms with Crippen LogP contribution in [0.1, 0.15) is 46.1 Å². The summed E-state index contributed by atoms with van der Waals surface area (Å²) in [7, 11) is 0. The second-order valence-corrected chi connectivity index (χ2v) is 8.87. The molecule has 1 unspecified atom stereocenters. The Bertz CT molecular complexity index is 690. The molecule has 0 bridgehead atoms. The predicted molar refractivity (Wildman–Crippen MR) is 94.7 cm³/mol. The van der Waals surface area contributed by atoms with Crippen LogP contribution in [-0.2, 0) is 9.53 Å².